The van der Waals surface area contributed by atoms with Crippen LogP contribution in [-0.2, 0) is 0 Å². The molecule has 0 unspecified atom stereocenters. The molecular weight excluding hydrogens is 340 g/mol. The Bertz CT molecular complexity index is 974. The molecule has 0 radical (unpaired) electrons. The van der Waals surface area contributed by atoms with Crippen LogP contribution in [0.4, 0.5) is 0 Å². The number of allylic oxidation sites excluding steroid dienone is 1. The second-order valence-electron chi connectivity index (χ2n) is 5.69. The fourth-order valence-corrected chi connectivity index (χ4v) is 2.54. The Morgan fingerprint density at radius 1 is 0.778 bits per heavy atom. The van der Waals surface area contributed by atoms with E-state index in [0.29, 0.717) is 28.2 Å². The third-order valence-corrected chi connectivity index (χ3v) is 3.92. The van der Waals surface area contributed by atoms with E-state index in [9.17, 15) is 9.59 Å². The molecule has 0 aliphatic carbocycles. The van der Waals surface area contributed by atoms with E-state index >= 15 is 0 Å². The number of carbonyl (C=O) groups is 2. The third-order valence-electron chi connectivity index (χ3n) is 3.92. The minimum absolute atomic E-state index is 0.124. The summed E-state index contributed by atoms with van der Waals surface area (Å²) in [4.78, 5) is 24.8. The number of ether oxygens (including phenoxy) is 2. The highest BCUT2D eigenvalue weighted by atomic mass is 16.5. The van der Waals surface area contributed by atoms with E-state index in [2.05, 4.69) is 0 Å². The van der Waals surface area contributed by atoms with Gasteiger partial charge in [-0.2, -0.15) is 0 Å². The van der Waals surface area contributed by atoms with E-state index in [1.54, 1.807) is 60.7 Å². The van der Waals surface area contributed by atoms with Gasteiger partial charge in [-0.1, -0.05) is 60.7 Å². The Hall–Kier alpha value is -3.66. The van der Waals surface area contributed by atoms with Crippen molar-refractivity contribution in [3.63, 3.8) is 0 Å². The predicted molar refractivity (Wildman–Crippen MR) is 104 cm³/mol. The maximum atomic E-state index is 12.5. The van der Waals surface area contributed by atoms with E-state index in [1.165, 1.54) is 13.2 Å². The van der Waals surface area contributed by atoms with Crippen molar-refractivity contribution in [1.82, 2.24) is 0 Å². The van der Waals surface area contributed by atoms with Crippen LogP contribution >= 0.6 is 0 Å². The van der Waals surface area contributed by atoms with Crippen molar-refractivity contribution in [1.29, 1.82) is 0 Å². The van der Waals surface area contributed by atoms with Gasteiger partial charge in [0.25, 0.3) is 0 Å². The van der Waals surface area contributed by atoms with Gasteiger partial charge in [0.15, 0.2) is 5.78 Å². The number of esters is 1. The first-order chi connectivity index (χ1) is 13.2. The lowest BCUT2D eigenvalue weighted by molar-refractivity contribution is 0.0730. The second-order valence-corrected chi connectivity index (χ2v) is 5.69. The van der Waals surface area contributed by atoms with E-state index < -0.39 is 5.97 Å². The number of ketones is 1. The van der Waals surface area contributed by atoms with Crippen LogP contribution in [0.2, 0.25) is 0 Å². The number of hydrogen-bond acceptors (Lipinski definition) is 4. The van der Waals surface area contributed by atoms with Crippen molar-refractivity contribution in [2.24, 2.45) is 0 Å². The topological polar surface area (TPSA) is 52.6 Å². The van der Waals surface area contributed by atoms with Gasteiger partial charge in [-0.15, -0.1) is 0 Å². The summed E-state index contributed by atoms with van der Waals surface area (Å²) in [6.45, 7) is 0. The summed E-state index contributed by atoms with van der Waals surface area (Å²) < 4.78 is 10.7. The Morgan fingerprint density at radius 3 is 2.15 bits per heavy atom. The van der Waals surface area contributed by atoms with Gasteiger partial charge in [0.1, 0.15) is 17.1 Å². The zero-order valence-corrected chi connectivity index (χ0v) is 14.8. The fourth-order valence-electron chi connectivity index (χ4n) is 2.54. The molecule has 27 heavy (non-hydrogen) atoms. The second kappa shape index (κ2) is 8.63. The van der Waals surface area contributed by atoms with Crippen LogP contribution in [-0.4, -0.2) is 18.9 Å². The van der Waals surface area contributed by atoms with Crippen LogP contribution < -0.4 is 9.47 Å². The molecule has 0 spiro atoms. The number of para-hydroxylation sites is 2. The molecule has 0 fully saturated rings. The molecule has 0 bridgehead atoms. The monoisotopic (exact) mass is 358 g/mol. The quantitative estimate of drug-likeness (QED) is 0.275. The molecule has 3 rings (SSSR count). The highest BCUT2D eigenvalue weighted by Crippen LogP contribution is 2.24. The van der Waals surface area contributed by atoms with Gasteiger partial charge in [-0.05, 0) is 30.4 Å². The van der Waals surface area contributed by atoms with Crippen molar-refractivity contribution in [2.75, 3.05) is 7.11 Å². The van der Waals surface area contributed by atoms with Gasteiger partial charge in [-0.25, -0.2) is 4.79 Å². The largest absolute Gasteiger partial charge is 0.496 e. The number of hydrogen-bond donors (Lipinski definition) is 0. The van der Waals surface area contributed by atoms with Gasteiger partial charge < -0.3 is 9.47 Å². The number of carbonyl (C=O) groups excluding carboxylic acids is 2. The SMILES string of the molecule is COc1ccccc1C(=O)Oc1ccccc1/C=C/C(=O)c1ccccc1. The fraction of sp³-hybridized carbons (Fsp3) is 0.0435. The Kier molecular flexibility index (Phi) is 5.80. The first kappa shape index (κ1) is 18.1. The first-order valence-corrected chi connectivity index (χ1v) is 8.40. The molecule has 4 heteroatoms. The van der Waals surface area contributed by atoms with E-state index in [1.807, 2.05) is 24.3 Å². The van der Waals surface area contributed by atoms with Crippen molar-refractivity contribution >= 4 is 17.8 Å². The summed E-state index contributed by atoms with van der Waals surface area (Å²) in [5, 5.41) is 0. The smallest absolute Gasteiger partial charge is 0.347 e. The zero-order valence-electron chi connectivity index (χ0n) is 14.8. The molecule has 3 aromatic rings. The van der Waals surface area contributed by atoms with Crippen molar-refractivity contribution in [2.45, 2.75) is 0 Å². The van der Waals surface area contributed by atoms with Crippen LogP contribution in [0, 0.1) is 0 Å². The molecule has 0 heterocycles. The van der Waals surface area contributed by atoms with Gasteiger partial charge in [-0.3, -0.25) is 4.79 Å². The summed E-state index contributed by atoms with van der Waals surface area (Å²) >= 11 is 0. The van der Waals surface area contributed by atoms with Crippen LogP contribution in [0.3, 0.4) is 0 Å². The summed E-state index contributed by atoms with van der Waals surface area (Å²) in [5.74, 6) is 0.157. The minimum atomic E-state index is -0.525. The molecule has 0 saturated heterocycles. The highest BCUT2D eigenvalue weighted by molar-refractivity contribution is 6.07. The molecular formula is C23H18O4. The maximum Gasteiger partial charge on any atom is 0.347 e. The Morgan fingerprint density at radius 2 is 1.41 bits per heavy atom. The van der Waals surface area contributed by atoms with Crippen LogP contribution in [0.5, 0.6) is 11.5 Å². The van der Waals surface area contributed by atoms with Crippen LogP contribution in [0.25, 0.3) is 6.08 Å². The standard InChI is InChI=1S/C23H18O4/c1-26-22-14-8-6-12-19(22)23(25)27-21-13-7-5-11-18(21)15-16-20(24)17-9-3-2-4-10-17/h2-16H,1H3/b16-15+. The highest BCUT2D eigenvalue weighted by Gasteiger charge is 2.15. The number of methoxy groups -OCH3 is 1. The summed E-state index contributed by atoms with van der Waals surface area (Å²) in [7, 11) is 1.50. The summed E-state index contributed by atoms with van der Waals surface area (Å²) in [6, 6.07) is 22.9. The van der Waals surface area contributed by atoms with Crippen LogP contribution in [0.1, 0.15) is 26.3 Å². The average molecular weight is 358 g/mol. The lowest BCUT2D eigenvalue weighted by Gasteiger charge is -2.10. The minimum Gasteiger partial charge on any atom is -0.496 e. The van der Waals surface area contributed by atoms with Gasteiger partial charge in [0, 0.05) is 11.1 Å². The predicted octanol–water partition coefficient (Wildman–Crippen LogP) is 4.81. The molecule has 0 atom stereocenters. The maximum absolute atomic E-state index is 12.5. The van der Waals surface area contributed by atoms with E-state index in [-0.39, 0.29) is 5.78 Å². The van der Waals surface area contributed by atoms with Crippen molar-refractivity contribution in [3.8, 4) is 11.5 Å². The molecule has 134 valence electrons. The summed E-state index contributed by atoms with van der Waals surface area (Å²) in [5.41, 5.74) is 1.56. The number of rotatable bonds is 6. The van der Waals surface area contributed by atoms with E-state index in [0.717, 1.165) is 0 Å². The summed E-state index contributed by atoms with van der Waals surface area (Å²) in [6.07, 6.45) is 3.10. The first-order valence-electron chi connectivity index (χ1n) is 8.40. The molecule has 0 aliphatic heterocycles. The lowest BCUT2D eigenvalue weighted by Crippen LogP contribution is -2.10. The normalized spacial score (nSPS) is 10.6. The molecule has 0 aliphatic rings. The third kappa shape index (κ3) is 4.50. The molecule has 4 nitrogen and oxygen atoms in total. The van der Waals surface area contributed by atoms with Crippen LogP contribution in [0.15, 0.2) is 84.9 Å². The van der Waals surface area contributed by atoms with Gasteiger partial charge in [0.2, 0.25) is 0 Å². The van der Waals surface area contributed by atoms with Crippen molar-refractivity contribution in [3.05, 3.63) is 102 Å². The lowest BCUT2D eigenvalue weighted by atomic mass is 10.1. The number of benzene rings is 3. The molecule has 0 amide bonds. The molecule has 0 saturated carbocycles. The molecule has 3 aromatic carbocycles. The van der Waals surface area contributed by atoms with E-state index in [4.69, 9.17) is 9.47 Å². The Labute approximate surface area is 157 Å². The van der Waals surface area contributed by atoms with Gasteiger partial charge >= 0.3 is 5.97 Å². The van der Waals surface area contributed by atoms with Crippen molar-refractivity contribution < 1.29 is 19.1 Å². The Balaban J connectivity index is 1.81. The zero-order chi connectivity index (χ0) is 19.1. The van der Waals surface area contributed by atoms with Gasteiger partial charge in [0.05, 0.1) is 7.11 Å². The molecule has 0 N–H and O–H groups in total. The average Bonchev–Trinajstić information content (AvgIpc) is 2.73. The molecule has 0 aromatic heterocycles.